The summed E-state index contributed by atoms with van der Waals surface area (Å²) in [6.45, 7) is 1.42. The fraction of sp³-hybridized carbons (Fsp3) is 0.368. The van der Waals surface area contributed by atoms with Gasteiger partial charge in [-0.25, -0.2) is 4.39 Å². The summed E-state index contributed by atoms with van der Waals surface area (Å²) in [4.78, 5) is 18.3. The lowest BCUT2D eigenvalue weighted by Gasteiger charge is -2.28. The molecular formula is C19H21FN2O3. The summed E-state index contributed by atoms with van der Waals surface area (Å²) in [5, 5.41) is 0. The third kappa shape index (κ3) is 4.33. The molecule has 0 N–H and O–H groups in total. The van der Waals surface area contributed by atoms with Gasteiger partial charge in [0.15, 0.2) is 0 Å². The molecule has 132 valence electrons. The summed E-state index contributed by atoms with van der Waals surface area (Å²) >= 11 is 0. The highest BCUT2D eigenvalue weighted by atomic mass is 19.1. The quantitative estimate of drug-likeness (QED) is 0.808. The standard InChI is InChI=1S/C19H21FN2O3/c1-24-19(14-25-17-4-2-16(20)3-5-17)8-11-22(13-19)18(23)12-15-6-9-21-10-7-15/h2-7,9-10H,8,11-14H2,1H3/t19-/m1/s1. The van der Waals surface area contributed by atoms with E-state index in [0.717, 1.165) is 5.56 Å². The molecular weight excluding hydrogens is 323 g/mol. The second kappa shape index (κ2) is 7.61. The van der Waals surface area contributed by atoms with E-state index in [2.05, 4.69) is 4.98 Å². The minimum atomic E-state index is -0.539. The Morgan fingerprint density at radius 2 is 1.96 bits per heavy atom. The molecule has 0 spiro atoms. The van der Waals surface area contributed by atoms with Gasteiger partial charge < -0.3 is 14.4 Å². The van der Waals surface area contributed by atoms with Crippen molar-refractivity contribution in [1.29, 1.82) is 0 Å². The third-order valence-corrected chi connectivity index (χ3v) is 4.52. The first-order valence-corrected chi connectivity index (χ1v) is 8.20. The Bertz CT molecular complexity index is 708. The van der Waals surface area contributed by atoms with Crippen molar-refractivity contribution >= 4 is 5.91 Å². The van der Waals surface area contributed by atoms with Gasteiger partial charge in [-0.3, -0.25) is 9.78 Å². The first-order chi connectivity index (χ1) is 12.1. The van der Waals surface area contributed by atoms with Gasteiger partial charge in [-0.1, -0.05) is 0 Å². The van der Waals surface area contributed by atoms with Gasteiger partial charge in [0.05, 0.1) is 13.0 Å². The second-order valence-electron chi connectivity index (χ2n) is 6.23. The molecule has 0 aliphatic carbocycles. The number of pyridine rings is 1. The number of halogens is 1. The van der Waals surface area contributed by atoms with Crippen LogP contribution in [-0.4, -0.2) is 48.2 Å². The molecule has 5 nitrogen and oxygen atoms in total. The zero-order chi connectivity index (χ0) is 17.7. The predicted octanol–water partition coefficient (Wildman–Crippen LogP) is 2.46. The number of carbonyl (C=O) groups is 1. The van der Waals surface area contributed by atoms with Gasteiger partial charge in [-0.05, 0) is 48.4 Å². The molecule has 2 heterocycles. The van der Waals surface area contributed by atoms with Crippen molar-refractivity contribution in [2.45, 2.75) is 18.4 Å². The van der Waals surface area contributed by atoms with Crippen molar-refractivity contribution < 1.29 is 18.7 Å². The van der Waals surface area contributed by atoms with E-state index < -0.39 is 5.60 Å². The summed E-state index contributed by atoms with van der Waals surface area (Å²) in [5.41, 5.74) is 0.403. The molecule has 1 atom stereocenters. The number of benzene rings is 1. The average molecular weight is 344 g/mol. The maximum absolute atomic E-state index is 13.0. The lowest BCUT2D eigenvalue weighted by atomic mass is 10.0. The fourth-order valence-corrected chi connectivity index (χ4v) is 2.93. The van der Waals surface area contributed by atoms with Gasteiger partial charge in [0.1, 0.15) is 23.8 Å². The molecule has 1 fully saturated rings. The lowest BCUT2D eigenvalue weighted by molar-refractivity contribution is -0.131. The number of rotatable bonds is 6. The fourth-order valence-electron chi connectivity index (χ4n) is 2.93. The number of hydrogen-bond donors (Lipinski definition) is 0. The molecule has 6 heteroatoms. The SMILES string of the molecule is CO[C@]1(COc2ccc(F)cc2)CCN(C(=O)Cc2ccncc2)C1. The van der Waals surface area contributed by atoms with Gasteiger partial charge in [0.25, 0.3) is 0 Å². The van der Waals surface area contributed by atoms with Crippen LogP contribution in [0.5, 0.6) is 5.75 Å². The van der Waals surface area contributed by atoms with E-state index in [0.29, 0.717) is 38.3 Å². The molecule has 1 amide bonds. The minimum Gasteiger partial charge on any atom is -0.491 e. The Labute approximate surface area is 146 Å². The number of methoxy groups -OCH3 is 1. The lowest BCUT2D eigenvalue weighted by Crippen LogP contribution is -2.42. The summed E-state index contributed by atoms with van der Waals surface area (Å²) in [5.74, 6) is 0.342. The predicted molar refractivity (Wildman–Crippen MR) is 90.8 cm³/mol. The number of likely N-dealkylation sites (tertiary alicyclic amines) is 1. The highest BCUT2D eigenvalue weighted by molar-refractivity contribution is 5.79. The molecule has 1 aliphatic heterocycles. The molecule has 1 saturated heterocycles. The van der Waals surface area contributed by atoms with Crippen molar-refractivity contribution in [3.05, 3.63) is 60.2 Å². The Kier molecular flexibility index (Phi) is 5.28. The maximum atomic E-state index is 13.0. The van der Waals surface area contributed by atoms with Gasteiger partial charge in [-0.2, -0.15) is 0 Å². The van der Waals surface area contributed by atoms with Crippen LogP contribution in [0.3, 0.4) is 0 Å². The van der Waals surface area contributed by atoms with Crippen molar-refractivity contribution in [2.24, 2.45) is 0 Å². The van der Waals surface area contributed by atoms with Gasteiger partial charge >= 0.3 is 0 Å². The molecule has 1 aliphatic rings. The van der Waals surface area contributed by atoms with Gasteiger partial charge in [0, 0.05) is 26.0 Å². The molecule has 0 unspecified atom stereocenters. The van der Waals surface area contributed by atoms with E-state index >= 15 is 0 Å². The van der Waals surface area contributed by atoms with Crippen LogP contribution in [0.4, 0.5) is 4.39 Å². The Morgan fingerprint density at radius 3 is 2.64 bits per heavy atom. The number of ether oxygens (including phenoxy) is 2. The summed E-state index contributed by atoms with van der Waals surface area (Å²) in [6.07, 6.45) is 4.42. The number of aromatic nitrogens is 1. The van der Waals surface area contributed by atoms with Gasteiger partial charge in [0.2, 0.25) is 5.91 Å². The van der Waals surface area contributed by atoms with Crippen molar-refractivity contribution in [3.8, 4) is 5.75 Å². The highest BCUT2D eigenvalue weighted by Crippen LogP contribution is 2.27. The van der Waals surface area contributed by atoms with Crippen LogP contribution in [0.2, 0.25) is 0 Å². The highest BCUT2D eigenvalue weighted by Gasteiger charge is 2.41. The molecule has 0 bridgehead atoms. The molecule has 3 rings (SSSR count). The van der Waals surface area contributed by atoms with E-state index in [4.69, 9.17) is 9.47 Å². The van der Waals surface area contributed by atoms with Crippen LogP contribution >= 0.6 is 0 Å². The summed E-state index contributed by atoms with van der Waals surface area (Å²) in [7, 11) is 1.63. The van der Waals surface area contributed by atoms with E-state index in [1.54, 1.807) is 36.5 Å². The van der Waals surface area contributed by atoms with E-state index in [-0.39, 0.29) is 11.7 Å². The van der Waals surface area contributed by atoms with Crippen molar-refractivity contribution in [3.63, 3.8) is 0 Å². The van der Waals surface area contributed by atoms with E-state index in [9.17, 15) is 9.18 Å². The van der Waals surface area contributed by atoms with Crippen molar-refractivity contribution in [1.82, 2.24) is 9.88 Å². The van der Waals surface area contributed by atoms with Crippen LogP contribution in [0.1, 0.15) is 12.0 Å². The Hall–Kier alpha value is -2.47. The third-order valence-electron chi connectivity index (χ3n) is 4.52. The van der Waals surface area contributed by atoms with Crippen LogP contribution in [0.15, 0.2) is 48.8 Å². The monoisotopic (exact) mass is 344 g/mol. The van der Waals surface area contributed by atoms with E-state index in [1.165, 1.54) is 12.1 Å². The number of amides is 1. The first kappa shape index (κ1) is 17.4. The normalized spacial score (nSPS) is 19.8. The molecule has 25 heavy (non-hydrogen) atoms. The summed E-state index contributed by atoms with van der Waals surface area (Å²) in [6, 6.07) is 9.56. The molecule has 2 aromatic rings. The molecule has 1 aromatic heterocycles. The molecule has 0 saturated carbocycles. The zero-order valence-electron chi connectivity index (χ0n) is 14.2. The smallest absolute Gasteiger partial charge is 0.227 e. The zero-order valence-corrected chi connectivity index (χ0v) is 14.2. The number of hydrogen-bond acceptors (Lipinski definition) is 4. The number of nitrogens with zero attached hydrogens (tertiary/aromatic N) is 2. The van der Waals surface area contributed by atoms with Crippen LogP contribution in [0.25, 0.3) is 0 Å². The van der Waals surface area contributed by atoms with Crippen molar-refractivity contribution in [2.75, 3.05) is 26.8 Å². The average Bonchev–Trinajstić information content (AvgIpc) is 3.07. The Morgan fingerprint density at radius 1 is 1.24 bits per heavy atom. The Balaban J connectivity index is 1.58. The summed E-state index contributed by atoms with van der Waals surface area (Å²) < 4.78 is 24.4. The molecule has 0 radical (unpaired) electrons. The maximum Gasteiger partial charge on any atom is 0.227 e. The van der Waals surface area contributed by atoms with Crippen LogP contribution in [0, 0.1) is 5.82 Å². The molecule has 1 aromatic carbocycles. The van der Waals surface area contributed by atoms with Gasteiger partial charge in [-0.15, -0.1) is 0 Å². The van der Waals surface area contributed by atoms with Crippen LogP contribution in [-0.2, 0) is 16.0 Å². The second-order valence-corrected chi connectivity index (χ2v) is 6.23. The van der Waals surface area contributed by atoms with E-state index in [1.807, 2.05) is 12.1 Å². The number of carbonyl (C=O) groups excluding carboxylic acids is 1. The first-order valence-electron chi connectivity index (χ1n) is 8.20. The van der Waals surface area contributed by atoms with Crippen LogP contribution < -0.4 is 4.74 Å². The minimum absolute atomic E-state index is 0.0620. The topological polar surface area (TPSA) is 51.7 Å². The largest absolute Gasteiger partial charge is 0.491 e.